The molecule has 0 saturated carbocycles. The van der Waals surface area contributed by atoms with Gasteiger partial charge in [0.15, 0.2) is 0 Å². The number of fused-ring (bicyclic) bond motifs is 1. The first-order valence-corrected chi connectivity index (χ1v) is 7.80. The first-order chi connectivity index (χ1) is 9.15. The Morgan fingerprint density at radius 1 is 1.47 bits per heavy atom. The van der Waals surface area contributed by atoms with Gasteiger partial charge in [-0.3, -0.25) is 0 Å². The third-order valence-corrected chi connectivity index (χ3v) is 3.68. The number of halogens is 2. The second-order valence-corrected chi connectivity index (χ2v) is 5.77. The number of imidazole rings is 1. The third kappa shape index (κ3) is 3.50. The fraction of sp³-hybridized carbons (Fsp3) is 0.500. The summed E-state index contributed by atoms with van der Waals surface area (Å²) in [6, 6.07) is 6.13. The lowest BCUT2D eigenvalue weighted by atomic mass is 10.3. The van der Waals surface area contributed by atoms with Gasteiger partial charge in [0, 0.05) is 23.4 Å². The molecule has 0 radical (unpaired) electrons. The topological polar surface area (TPSA) is 27.1 Å². The van der Waals surface area contributed by atoms with Crippen LogP contribution in [0.25, 0.3) is 11.0 Å². The van der Waals surface area contributed by atoms with Gasteiger partial charge in [0.05, 0.1) is 23.7 Å². The van der Waals surface area contributed by atoms with Crippen molar-refractivity contribution in [2.75, 3.05) is 12.5 Å². The molecule has 1 heterocycles. The minimum atomic E-state index is 0.162. The van der Waals surface area contributed by atoms with Gasteiger partial charge in [0.25, 0.3) is 0 Å². The lowest BCUT2D eigenvalue weighted by Crippen LogP contribution is -2.18. The fourth-order valence-electron chi connectivity index (χ4n) is 2.22. The average Bonchev–Trinajstić information content (AvgIpc) is 2.68. The maximum absolute atomic E-state index is 5.87. The molecule has 1 aromatic heterocycles. The highest BCUT2D eigenvalue weighted by atomic mass is 79.9. The molecule has 0 N–H and O–H groups in total. The maximum Gasteiger partial charge on any atom is 0.111 e. The summed E-state index contributed by atoms with van der Waals surface area (Å²) in [5, 5.41) is 0. The number of alkyl halides is 1. The van der Waals surface area contributed by atoms with Crippen molar-refractivity contribution in [1.29, 1.82) is 0 Å². The van der Waals surface area contributed by atoms with Crippen LogP contribution in [0.3, 0.4) is 0 Å². The van der Waals surface area contributed by atoms with Gasteiger partial charge in [-0.2, -0.15) is 0 Å². The summed E-state index contributed by atoms with van der Waals surface area (Å²) < 4.78 is 8.90. The average molecular weight is 346 g/mol. The van der Waals surface area contributed by atoms with Gasteiger partial charge in [0.1, 0.15) is 5.82 Å². The monoisotopic (exact) mass is 344 g/mol. The largest absolute Gasteiger partial charge is 0.377 e. The first kappa shape index (κ1) is 14.8. The second kappa shape index (κ2) is 6.73. The number of aromatic nitrogens is 2. The molecule has 19 heavy (non-hydrogen) atoms. The van der Waals surface area contributed by atoms with Crippen LogP contribution in [0.4, 0.5) is 0 Å². The van der Waals surface area contributed by atoms with E-state index in [0.717, 1.165) is 40.9 Å². The molecule has 1 aromatic carbocycles. The van der Waals surface area contributed by atoms with Gasteiger partial charge >= 0.3 is 0 Å². The van der Waals surface area contributed by atoms with E-state index in [1.165, 1.54) is 0 Å². The van der Waals surface area contributed by atoms with Crippen LogP contribution in [0.1, 0.15) is 19.7 Å². The number of ether oxygens (including phenoxy) is 1. The van der Waals surface area contributed by atoms with Crippen molar-refractivity contribution in [3.05, 3.63) is 28.5 Å². The molecule has 0 aliphatic rings. The van der Waals surface area contributed by atoms with Crippen molar-refractivity contribution in [3.8, 4) is 0 Å². The highest BCUT2D eigenvalue weighted by Gasteiger charge is 2.13. The van der Waals surface area contributed by atoms with Crippen LogP contribution >= 0.6 is 27.5 Å². The Labute approximate surface area is 127 Å². The lowest BCUT2D eigenvalue weighted by Gasteiger charge is -2.15. The number of hydrogen-bond acceptors (Lipinski definition) is 2. The zero-order valence-electron chi connectivity index (χ0n) is 11.2. The Kier molecular flexibility index (Phi) is 5.25. The van der Waals surface area contributed by atoms with Crippen molar-refractivity contribution in [3.63, 3.8) is 0 Å². The van der Waals surface area contributed by atoms with Gasteiger partial charge in [-0.15, -0.1) is 11.6 Å². The predicted octanol–water partition coefficient (Wildman–Crippen LogP) is 4.01. The SMILES string of the molecule is CCOC(C)Cn1c(CCCl)nc2ccc(Br)cc21. The Morgan fingerprint density at radius 3 is 2.95 bits per heavy atom. The van der Waals surface area contributed by atoms with Gasteiger partial charge in [-0.1, -0.05) is 15.9 Å². The molecule has 0 aliphatic carbocycles. The number of rotatable bonds is 6. The molecule has 0 bridgehead atoms. The van der Waals surface area contributed by atoms with Crippen molar-refractivity contribution in [1.82, 2.24) is 9.55 Å². The number of hydrogen-bond donors (Lipinski definition) is 0. The Bertz CT molecular complexity index is 556. The van der Waals surface area contributed by atoms with E-state index in [4.69, 9.17) is 16.3 Å². The smallest absolute Gasteiger partial charge is 0.111 e. The third-order valence-electron chi connectivity index (χ3n) is 3.00. The first-order valence-electron chi connectivity index (χ1n) is 6.48. The van der Waals surface area contributed by atoms with Crippen molar-refractivity contribution < 1.29 is 4.74 Å². The second-order valence-electron chi connectivity index (χ2n) is 4.48. The lowest BCUT2D eigenvalue weighted by molar-refractivity contribution is 0.0643. The van der Waals surface area contributed by atoms with Crippen molar-refractivity contribution >= 4 is 38.6 Å². The minimum absolute atomic E-state index is 0.162. The van der Waals surface area contributed by atoms with Crippen LogP contribution < -0.4 is 0 Å². The summed E-state index contributed by atoms with van der Waals surface area (Å²) in [5.74, 6) is 1.60. The van der Waals surface area contributed by atoms with E-state index in [1.54, 1.807) is 0 Å². The minimum Gasteiger partial charge on any atom is -0.377 e. The van der Waals surface area contributed by atoms with E-state index in [-0.39, 0.29) is 6.10 Å². The molecule has 0 amide bonds. The molecule has 104 valence electrons. The van der Waals surface area contributed by atoms with Crippen LogP contribution in [0.2, 0.25) is 0 Å². The maximum atomic E-state index is 5.87. The van der Waals surface area contributed by atoms with Gasteiger partial charge in [0.2, 0.25) is 0 Å². The molecule has 1 unspecified atom stereocenters. The molecule has 0 spiro atoms. The molecular formula is C14H18BrClN2O. The molecule has 5 heteroatoms. The zero-order valence-corrected chi connectivity index (χ0v) is 13.5. The summed E-state index contributed by atoms with van der Waals surface area (Å²) in [4.78, 5) is 4.66. The van der Waals surface area contributed by atoms with Gasteiger partial charge < -0.3 is 9.30 Å². The van der Waals surface area contributed by atoms with Crippen LogP contribution in [-0.4, -0.2) is 28.1 Å². The summed E-state index contributed by atoms with van der Waals surface area (Å²) in [7, 11) is 0. The fourth-order valence-corrected chi connectivity index (χ4v) is 2.74. The van der Waals surface area contributed by atoms with Crippen LogP contribution in [0.15, 0.2) is 22.7 Å². The van der Waals surface area contributed by atoms with E-state index in [0.29, 0.717) is 5.88 Å². The Morgan fingerprint density at radius 2 is 2.26 bits per heavy atom. The zero-order chi connectivity index (χ0) is 13.8. The Balaban J connectivity index is 2.41. The quantitative estimate of drug-likeness (QED) is 0.740. The molecule has 0 fully saturated rings. The number of benzene rings is 1. The van der Waals surface area contributed by atoms with Crippen molar-refractivity contribution in [2.24, 2.45) is 0 Å². The summed E-state index contributed by atoms with van der Waals surface area (Å²) >= 11 is 9.38. The van der Waals surface area contributed by atoms with Crippen LogP contribution in [0.5, 0.6) is 0 Å². The number of nitrogens with zero attached hydrogens (tertiary/aromatic N) is 2. The van der Waals surface area contributed by atoms with E-state index in [1.807, 2.05) is 19.1 Å². The molecule has 2 rings (SSSR count). The van der Waals surface area contributed by atoms with E-state index >= 15 is 0 Å². The highest BCUT2D eigenvalue weighted by Crippen LogP contribution is 2.22. The molecule has 0 saturated heterocycles. The standard InChI is InChI=1S/C14H18BrClN2O/c1-3-19-10(2)9-18-13-8-11(15)4-5-12(13)17-14(18)6-7-16/h4-5,8,10H,3,6-7,9H2,1-2H3. The van der Waals surface area contributed by atoms with Gasteiger partial charge in [-0.25, -0.2) is 4.98 Å². The summed E-state index contributed by atoms with van der Waals surface area (Å²) in [6.07, 6.45) is 0.933. The molecule has 0 aliphatic heterocycles. The molecule has 3 nitrogen and oxygen atoms in total. The summed E-state index contributed by atoms with van der Waals surface area (Å²) in [6.45, 7) is 5.62. The number of aryl methyl sites for hydroxylation is 1. The molecular weight excluding hydrogens is 328 g/mol. The molecule has 1 atom stereocenters. The predicted molar refractivity (Wildman–Crippen MR) is 82.9 cm³/mol. The van der Waals surface area contributed by atoms with Gasteiger partial charge in [-0.05, 0) is 32.0 Å². The van der Waals surface area contributed by atoms with E-state index in [2.05, 4.69) is 38.5 Å². The summed E-state index contributed by atoms with van der Waals surface area (Å²) in [5.41, 5.74) is 2.13. The van der Waals surface area contributed by atoms with E-state index < -0.39 is 0 Å². The van der Waals surface area contributed by atoms with Crippen molar-refractivity contribution in [2.45, 2.75) is 32.9 Å². The van der Waals surface area contributed by atoms with E-state index in [9.17, 15) is 0 Å². The molecule has 2 aromatic rings. The normalized spacial score (nSPS) is 13.1. The highest BCUT2D eigenvalue weighted by molar-refractivity contribution is 9.10. The van der Waals surface area contributed by atoms with Crippen LogP contribution in [-0.2, 0) is 17.7 Å². The Hall–Kier alpha value is -0.580. The van der Waals surface area contributed by atoms with Crippen LogP contribution in [0, 0.1) is 0 Å².